The van der Waals surface area contributed by atoms with Gasteiger partial charge in [-0.1, -0.05) is 86.3 Å². The molecule has 3 fully saturated rings. The molecule has 33 nitrogen and oxygen atoms in total. The summed E-state index contributed by atoms with van der Waals surface area (Å²) in [5.41, 5.74) is 7.45. The van der Waals surface area contributed by atoms with Crippen molar-refractivity contribution in [2.24, 2.45) is 22.5 Å². The van der Waals surface area contributed by atoms with Gasteiger partial charge in [-0.25, -0.2) is 28.9 Å². The van der Waals surface area contributed by atoms with Crippen LogP contribution in [0.2, 0.25) is 0 Å². The van der Waals surface area contributed by atoms with Crippen LogP contribution in [0.25, 0.3) is 21.5 Å². The van der Waals surface area contributed by atoms with Crippen molar-refractivity contribution in [2.75, 3.05) is 166 Å². The predicted octanol–water partition coefficient (Wildman–Crippen LogP) is 7.82. The highest BCUT2D eigenvalue weighted by Crippen LogP contribution is 2.75. The van der Waals surface area contributed by atoms with E-state index in [1.54, 1.807) is 78.2 Å². The van der Waals surface area contributed by atoms with E-state index in [-0.39, 0.29) is 156 Å². The van der Waals surface area contributed by atoms with Crippen LogP contribution in [0.3, 0.4) is 0 Å². The van der Waals surface area contributed by atoms with E-state index < -0.39 is 66.7 Å². The van der Waals surface area contributed by atoms with E-state index in [0.717, 1.165) is 16.5 Å². The topological polar surface area (TPSA) is 419 Å². The van der Waals surface area contributed by atoms with E-state index in [1.807, 2.05) is 30.5 Å². The molecule has 622 valence electrons. The first-order valence-corrected chi connectivity index (χ1v) is 41.7. The van der Waals surface area contributed by atoms with E-state index in [2.05, 4.69) is 36.6 Å². The number of carbonyl (C=O) groups excluding carboxylic acids is 9. The number of hydrogen-bond donors (Lipinski definition) is 8. The second kappa shape index (κ2) is 41.7. The molecule has 6 aromatic rings. The molecule has 10 amide bonds. The third-order valence-electron chi connectivity index (χ3n) is 20.3. The highest BCUT2D eigenvalue weighted by molar-refractivity contribution is 7.98. The zero-order valence-corrected chi connectivity index (χ0v) is 68.0. The monoisotopic (exact) mass is 1670 g/mol. The van der Waals surface area contributed by atoms with Gasteiger partial charge in [-0.3, -0.25) is 38.6 Å². The number of fused-ring (bicyclic) bond motifs is 6. The number of benzene rings is 5. The number of ether oxygens (including phenoxy) is 8. The number of phosphoric ester groups is 1. The van der Waals surface area contributed by atoms with Crippen molar-refractivity contribution in [2.45, 2.75) is 88.1 Å². The zero-order valence-electron chi connectivity index (χ0n) is 64.7. The minimum absolute atomic E-state index is 0.0264. The Balaban J connectivity index is 0.614. The number of aromatic nitrogens is 2. The number of nitrogens with two attached hydrogens (primary N) is 1. The number of alkyl halides is 2. The number of nitrogens with one attached hydrogen (secondary N) is 5. The average molecular weight is 1670 g/mol. The Bertz CT molecular complexity index is 4460. The van der Waals surface area contributed by atoms with Gasteiger partial charge in [-0.05, 0) is 83.9 Å². The Morgan fingerprint density at radius 1 is 0.635 bits per heavy atom. The first kappa shape index (κ1) is 88.3. The summed E-state index contributed by atoms with van der Waals surface area (Å²) in [5, 5.41) is 16.6. The molecule has 37 heteroatoms. The van der Waals surface area contributed by atoms with E-state index in [9.17, 15) is 57.5 Å². The lowest BCUT2D eigenvalue weighted by molar-refractivity contribution is -0.205. The summed E-state index contributed by atoms with van der Waals surface area (Å²) in [6.45, 7) is 8.08. The lowest BCUT2D eigenvalue weighted by atomic mass is 9.34. The molecular formula is C78H99Cl2N12O21PS. The number of urea groups is 1. The first-order valence-electron chi connectivity index (χ1n) is 37.8. The van der Waals surface area contributed by atoms with Gasteiger partial charge in [-0.15, -0.1) is 23.2 Å². The Kier molecular flexibility index (Phi) is 32.0. The van der Waals surface area contributed by atoms with Crippen molar-refractivity contribution in [3.8, 4) is 11.5 Å². The maximum absolute atomic E-state index is 15.0. The second-order valence-corrected chi connectivity index (χ2v) is 31.3. The number of halogens is 2. The maximum atomic E-state index is 15.0. The SMILES string of the molecule is CSc1ncc(C(=O)NCCOCCOCCOCCOCCOCCOCCC(=O)NC(C(=O)N[C@@H](CCCNC(N)=O)C(=O)Nc2ccc(COC(=O)N(C)CCN(C)C(=O)Oc3cc4c(c5ccccc35)[C@H](CCl)CN4C(=O)C34CC(C(=O)N5C[C@@H](CCl)c6c5cc(OP(=O)(O)O)c5ccccc65)(C3)C4)cc2)C(C)C)cn1. The molecule has 3 heterocycles. The summed E-state index contributed by atoms with van der Waals surface area (Å²) in [6.07, 6.45) is 4.50. The van der Waals surface area contributed by atoms with Gasteiger partial charge in [0.25, 0.3) is 5.91 Å². The number of nitrogens with zero attached hydrogens (tertiary/aromatic N) is 6. The van der Waals surface area contributed by atoms with Crippen LogP contribution in [-0.2, 0) is 68.3 Å². The molecule has 3 saturated carbocycles. The summed E-state index contributed by atoms with van der Waals surface area (Å²) in [5.74, 6) is -2.74. The third kappa shape index (κ3) is 23.2. The van der Waals surface area contributed by atoms with Crippen LogP contribution in [0.5, 0.6) is 11.5 Å². The largest absolute Gasteiger partial charge is 0.524 e. The number of amides is 10. The predicted molar refractivity (Wildman–Crippen MR) is 429 cm³/mol. The summed E-state index contributed by atoms with van der Waals surface area (Å²) in [6, 6.07) is 21.1. The highest BCUT2D eigenvalue weighted by atomic mass is 35.5. The van der Waals surface area contributed by atoms with Crippen molar-refractivity contribution in [3.05, 3.63) is 120 Å². The fraction of sp³-hybridized carbons (Fsp3) is 0.500. The number of thioether (sulfide) groups is 1. The molecule has 1 aromatic heterocycles. The molecule has 0 saturated heterocycles. The van der Waals surface area contributed by atoms with Gasteiger partial charge in [0.15, 0.2) is 5.16 Å². The molecule has 5 aliphatic rings. The van der Waals surface area contributed by atoms with Crippen LogP contribution in [0.4, 0.5) is 31.4 Å². The Morgan fingerprint density at radius 3 is 1.62 bits per heavy atom. The van der Waals surface area contributed by atoms with E-state index in [4.69, 9.17) is 71.4 Å². The lowest BCUT2D eigenvalue weighted by Gasteiger charge is -2.69. The van der Waals surface area contributed by atoms with Crippen molar-refractivity contribution in [1.82, 2.24) is 41.0 Å². The number of anilines is 3. The Labute approximate surface area is 679 Å². The van der Waals surface area contributed by atoms with Gasteiger partial charge in [-0.2, -0.15) is 0 Å². The minimum Gasteiger partial charge on any atom is -0.445 e. The van der Waals surface area contributed by atoms with Gasteiger partial charge in [0.05, 0.1) is 107 Å². The highest BCUT2D eigenvalue weighted by Gasteiger charge is 2.76. The van der Waals surface area contributed by atoms with E-state index >= 15 is 0 Å². The molecule has 2 aliphatic heterocycles. The molecule has 0 radical (unpaired) electrons. The standard InChI is InChI=1S/C78H99Cl2N12O21PS/c1-49(2)67(88-64(93)20-25-105-27-29-107-31-33-109-35-36-110-34-32-108-30-28-106-26-22-82-68(94)53-41-84-74(115-5)85-42-53)70(96)87-59(15-10-21-83-73(81)99)69(95)86-54-18-16-50(17-19-54)45-111-75(100)89(3)23-24-90(4)76(101)112-62-37-60-65(57-13-8-6-11-55(57)62)51(39-79)43-91(60)71(97)77-46-78(47-77,48-77)72(98)92-44-52(40-80)66-58-14-9-7-12-56(58)63(38-61(66)92)113-114(102,103)104/h6-9,11-14,16-19,37-38,41-42,49,51-52,59,67H,10,15,20-36,39-40,43-48H2,1-5H3,(H,82,94)(H,86,95)(H,87,96)(H,88,93)(H3,81,83,99)(H2,102,103,104)/t51-,52-,59+,67?,77?,78?/m1/s1. The van der Waals surface area contributed by atoms with Crippen molar-refractivity contribution in [1.29, 1.82) is 0 Å². The summed E-state index contributed by atoms with van der Waals surface area (Å²) < 4.78 is 62.2. The van der Waals surface area contributed by atoms with Crippen LogP contribution in [-0.4, -0.2) is 246 Å². The normalized spacial score (nSPS) is 17.7. The van der Waals surface area contributed by atoms with Crippen LogP contribution in [0.1, 0.15) is 91.3 Å². The van der Waals surface area contributed by atoms with Gasteiger partial charge >= 0.3 is 26.0 Å². The lowest BCUT2D eigenvalue weighted by Crippen LogP contribution is -2.73. The quantitative estimate of drug-likeness (QED) is 0.00593. The van der Waals surface area contributed by atoms with E-state index in [1.165, 1.54) is 54.1 Å². The maximum Gasteiger partial charge on any atom is 0.524 e. The molecule has 0 spiro atoms. The Hall–Kier alpha value is -9.03. The molecule has 115 heavy (non-hydrogen) atoms. The van der Waals surface area contributed by atoms with Crippen molar-refractivity contribution < 1.29 is 99.9 Å². The van der Waals surface area contributed by atoms with Crippen LogP contribution >= 0.6 is 42.8 Å². The third-order valence-corrected chi connectivity index (χ3v) is 22.0. The van der Waals surface area contributed by atoms with Crippen molar-refractivity contribution in [3.63, 3.8) is 0 Å². The molecule has 3 aliphatic carbocycles. The molecule has 1 unspecified atom stereocenters. The number of rotatable bonds is 45. The van der Waals surface area contributed by atoms with Gasteiger partial charge in [0.1, 0.15) is 30.2 Å². The van der Waals surface area contributed by atoms with Crippen LogP contribution in [0, 0.1) is 16.7 Å². The van der Waals surface area contributed by atoms with Crippen LogP contribution < -0.4 is 51.4 Å². The molecule has 9 N–H and O–H groups in total. The average Bonchev–Trinajstić information content (AvgIpc) is 1.59. The number of carbonyl (C=O) groups is 9. The van der Waals surface area contributed by atoms with E-state index in [0.29, 0.717) is 116 Å². The van der Waals surface area contributed by atoms with Crippen LogP contribution in [0.15, 0.2) is 102 Å². The molecule has 2 bridgehead atoms. The van der Waals surface area contributed by atoms with Gasteiger partial charge in [0.2, 0.25) is 29.5 Å². The molecular weight excluding hydrogens is 1570 g/mol. The number of primary amides is 1. The number of likely N-dealkylation sites (N-methyl/N-ethyl adjacent to an activating group) is 2. The summed E-state index contributed by atoms with van der Waals surface area (Å²) in [4.78, 5) is 155. The smallest absolute Gasteiger partial charge is 0.445 e. The second-order valence-electron chi connectivity index (χ2n) is 28.8. The summed E-state index contributed by atoms with van der Waals surface area (Å²) >= 11 is 14.6. The zero-order chi connectivity index (χ0) is 82.4. The number of hydrogen-bond acceptors (Lipinski definition) is 22. The molecule has 11 rings (SSSR count). The Morgan fingerprint density at radius 2 is 1.12 bits per heavy atom. The molecule has 5 aromatic carbocycles. The summed E-state index contributed by atoms with van der Waals surface area (Å²) in [7, 11) is -1.96. The van der Waals surface area contributed by atoms with Gasteiger partial charge < -0.3 is 94.3 Å². The van der Waals surface area contributed by atoms with Gasteiger partial charge in [0, 0.05) is 124 Å². The van der Waals surface area contributed by atoms with Crippen molar-refractivity contribution >= 4 is 135 Å². The first-order chi connectivity index (χ1) is 55.3. The fourth-order valence-corrected chi connectivity index (χ4v) is 15.7. The number of phosphoric acid groups is 1. The molecule has 4 atom stereocenters. The minimum atomic E-state index is -4.99. The fourth-order valence-electron chi connectivity index (χ4n) is 14.5.